The van der Waals surface area contributed by atoms with E-state index in [1.165, 1.54) is 0 Å². The molecule has 1 rings (SSSR count). The molecule has 0 spiro atoms. The van der Waals surface area contributed by atoms with E-state index in [-0.39, 0.29) is 0 Å². The Labute approximate surface area is 92.0 Å². The highest BCUT2D eigenvalue weighted by atomic mass is 19.4. The van der Waals surface area contributed by atoms with Crippen LogP contribution >= 0.6 is 0 Å². The maximum Gasteiger partial charge on any atom is 0.573 e. The molecule has 2 N–H and O–H groups in total. The van der Waals surface area contributed by atoms with Crippen molar-refractivity contribution in [1.82, 2.24) is 0 Å². The summed E-state index contributed by atoms with van der Waals surface area (Å²) in [5.74, 6) is -0.935. The van der Waals surface area contributed by atoms with Gasteiger partial charge in [-0.25, -0.2) is 0 Å². The summed E-state index contributed by atoms with van der Waals surface area (Å²) in [5.41, 5.74) is 3.06. The van der Waals surface area contributed by atoms with Crippen LogP contribution in [-0.4, -0.2) is 6.36 Å². The van der Waals surface area contributed by atoms with Crippen molar-refractivity contribution in [3.05, 3.63) is 29.3 Å². The van der Waals surface area contributed by atoms with Gasteiger partial charge in [0, 0.05) is 12.1 Å². The SMILES string of the molecule is NCc1c(OC(F)(F)F)cccc1C(F)(F)F. The second kappa shape index (κ2) is 4.44. The molecule has 17 heavy (non-hydrogen) atoms. The van der Waals surface area contributed by atoms with Crippen LogP contribution in [0.15, 0.2) is 18.2 Å². The van der Waals surface area contributed by atoms with Gasteiger partial charge in [-0.2, -0.15) is 13.2 Å². The first-order valence-corrected chi connectivity index (χ1v) is 4.30. The number of ether oxygens (including phenoxy) is 1. The molecule has 0 unspecified atom stereocenters. The lowest BCUT2D eigenvalue weighted by Gasteiger charge is -2.17. The van der Waals surface area contributed by atoms with Crippen molar-refractivity contribution in [2.75, 3.05) is 0 Å². The molecule has 0 aliphatic rings. The zero-order chi connectivity index (χ0) is 13.3. The Bertz CT molecular complexity index is 397. The number of nitrogens with two attached hydrogens (primary N) is 1. The van der Waals surface area contributed by atoms with E-state index in [1.807, 2.05) is 0 Å². The predicted octanol–water partition coefficient (Wildman–Crippen LogP) is 3.06. The van der Waals surface area contributed by atoms with Crippen molar-refractivity contribution in [3.63, 3.8) is 0 Å². The minimum absolute atomic E-state index is 0.644. The highest BCUT2D eigenvalue weighted by Gasteiger charge is 2.37. The third kappa shape index (κ3) is 3.52. The number of hydrogen-bond acceptors (Lipinski definition) is 2. The van der Waals surface area contributed by atoms with Crippen LogP contribution < -0.4 is 10.5 Å². The fourth-order valence-corrected chi connectivity index (χ4v) is 1.26. The van der Waals surface area contributed by atoms with Crippen LogP contribution in [0, 0.1) is 0 Å². The Morgan fingerprint density at radius 2 is 1.65 bits per heavy atom. The second-order valence-corrected chi connectivity index (χ2v) is 3.03. The standard InChI is InChI=1S/C9H7F6NO/c10-8(11,12)6-2-1-3-7(5(6)4-16)17-9(13,14)15/h1-3H,4,16H2. The molecule has 0 saturated heterocycles. The fraction of sp³-hybridized carbons (Fsp3) is 0.333. The molecule has 0 amide bonds. The lowest BCUT2D eigenvalue weighted by atomic mass is 10.1. The molecule has 1 aromatic rings. The monoisotopic (exact) mass is 259 g/mol. The van der Waals surface area contributed by atoms with Crippen molar-refractivity contribution in [1.29, 1.82) is 0 Å². The van der Waals surface area contributed by atoms with Gasteiger partial charge < -0.3 is 10.5 Å². The van der Waals surface area contributed by atoms with E-state index >= 15 is 0 Å². The zero-order valence-corrected chi connectivity index (χ0v) is 8.19. The first kappa shape index (κ1) is 13.6. The third-order valence-electron chi connectivity index (χ3n) is 1.87. The predicted molar refractivity (Wildman–Crippen MR) is 46.0 cm³/mol. The molecule has 0 aliphatic carbocycles. The largest absolute Gasteiger partial charge is 0.573 e. The van der Waals surface area contributed by atoms with Crippen LogP contribution in [0.4, 0.5) is 26.3 Å². The summed E-state index contributed by atoms with van der Waals surface area (Å²) in [4.78, 5) is 0. The molecule has 0 fully saturated rings. The van der Waals surface area contributed by atoms with E-state index in [4.69, 9.17) is 5.73 Å². The fourth-order valence-electron chi connectivity index (χ4n) is 1.26. The van der Waals surface area contributed by atoms with Crippen molar-refractivity contribution >= 4 is 0 Å². The van der Waals surface area contributed by atoms with Gasteiger partial charge >= 0.3 is 12.5 Å². The van der Waals surface area contributed by atoms with Gasteiger partial charge in [0.1, 0.15) is 5.75 Å². The summed E-state index contributed by atoms with van der Waals surface area (Å²) < 4.78 is 76.7. The van der Waals surface area contributed by atoms with Crippen LogP contribution in [0.25, 0.3) is 0 Å². The highest BCUT2D eigenvalue weighted by molar-refractivity contribution is 5.41. The Kier molecular flexibility index (Phi) is 3.56. The Morgan fingerprint density at radius 1 is 1.06 bits per heavy atom. The number of halogens is 6. The van der Waals surface area contributed by atoms with Crippen molar-refractivity contribution in [3.8, 4) is 5.75 Å². The first-order chi connectivity index (χ1) is 7.65. The molecule has 0 saturated carbocycles. The average molecular weight is 259 g/mol. The second-order valence-electron chi connectivity index (χ2n) is 3.03. The van der Waals surface area contributed by atoms with Crippen LogP contribution in [0.5, 0.6) is 5.75 Å². The van der Waals surface area contributed by atoms with E-state index in [2.05, 4.69) is 4.74 Å². The van der Waals surface area contributed by atoms with Crippen LogP contribution in [0.2, 0.25) is 0 Å². The first-order valence-electron chi connectivity index (χ1n) is 4.30. The molecule has 8 heteroatoms. The summed E-state index contributed by atoms with van der Waals surface area (Å²) in [6.07, 6.45) is -9.84. The van der Waals surface area contributed by atoms with Gasteiger partial charge in [-0.3, -0.25) is 0 Å². The summed E-state index contributed by atoms with van der Waals surface area (Å²) in [6.45, 7) is -0.707. The van der Waals surface area contributed by atoms with Gasteiger partial charge in [0.2, 0.25) is 0 Å². The minimum Gasteiger partial charge on any atom is -0.405 e. The summed E-state index contributed by atoms with van der Waals surface area (Å²) >= 11 is 0. The Balaban J connectivity index is 3.24. The van der Waals surface area contributed by atoms with Crippen LogP contribution in [0.1, 0.15) is 11.1 Å². The lowest BCUT2D eigenvalue weighted by molar-refractivity contribution is -0.275. The van der Waals surface area contributed by atoms with Crippen molar-refractivity contribution in [2.24, 2.45) is 5.73 Å². The average Bonchev–Trinajstić information content (AvgIpc) is 2.13. The summed E-state index contributed by atoms with van der Waals surface area (Å²) in [5, 5.41) is 0. The number of hydrogen-bond donors (Lipinski definition) is 1. The van der Waals surface area contributed by atoms with Gasteiger partial charge in [-0.15, -0.1) is 13.2 Å². The normalized spacial score (nSPS) is 12.6. The van der Waals surface area contributed by atoms with Crippen molar-refractivity contribution < 1.29 is 31.1 Å². The molecule has 0 aromatic heterocycles. The molecule has 2 nitrogen and oxygen atoms in total. The number of benzene rings is 1. The van der Waals surface area contributed by atoms with Crippen molar-refractivity contribution in [2.45, 2.75) is 19.1 Å². The Hall–Kier alpha value is -1.44. The van der Waals surface area contributed by atoms with E-state index in [0.717, 1.165) is 12.1 Å². The van der Waals surface area contributed by atoms with E-state index in [9.17, 15) is 26.3 Å². The van der Waals surface area contributed by atoms with Gasteiger partial charge in [0.15, 0.2) is 0 Å². The maximum atomic E-state index is 12.5. The van der Waals surface area contributed by atoms with Gasteiger partial charge in [0.05, 0.1) is 5.56 Å². The van der Waals surface area contributed by atoms with Crippen LogP contribution in [0.3, 0.4) is 0 Å². The van der Waals surface area contributed by atoms with Gasteiger partial charge in [-0.05, 0) is 12.1 Å². The van der Waals surface area contributed by atoms with Crippen LogP contribution in [-0.2, 0) is 12.7 Å². The van der Waals surface area contributed by atoms with E-state index in [1.54, 1.807) is 0 Å². The van der Waals surface area contributed by atoms with E-state index in [0.29, 0.717) is 6.07 Å². The quantitative estimate of drug-likeness (QED) is 0.828. The van der Waals surface area contributed by atoms with Gasteiger partial charge in [-0.1, -0.05) is 6.07 Å². The molecule has 0 atom stereocenters. The van der Waals surface area contributed by atoms with Gasteiger partial charge in [0.25, 0.3) is 0 Å². The highest BCUT2D eigenvalue weighted by Crippen LogP contribution is 2.37. The summed E-state index contributed by atoms with van der Waals surface area (Å²) in [7, 11) is 0. The zero-order valence-electron chi connectivity index (χ0n) is 8.19. The topological polar surface area (TPSA) is 35.2 Å². The molecule has 0 bridgehead atoms. The molecule has 0 radical (unpaired) electrons. The molecular weight excluding hydrogens is 252 g/mol. The number of alkyl halides is 6. The lowest BCUT2D eigenvalue weighted by Crippen LogP contribution is -2.20. The smallest absolute Gasteiger partial charge is 0.405 e. The maximum absolute atomic E-state index is 12.5. The molecular formula is C9H7F6NO. The molecule has 0 aliphatic heterocycles. The molecule has 0 heterocycles. The molecule has 96 valence electrons. The third-order valence-corrected chi connectivity index (χ3v) is 1.87. The minimum atomic E-state index is -5.06. The summed E-state index contributed by atoms with van der Waals surface area (Å²) in [6, 6.07) is 2.25. The van der Waals surface area contributed by atoms with E-state index < -0.39 is 36.0 Å². The molecule has 1 aromatic carbocycles. The number of rotatable bonds is 2. The Morgan fingerprint density at radius 3 is 2.06 bits per heavy atom.